The Morgan fingerprint density at radius 2 is 1.43 bits per heavy atom. The fraction of sp³-hybridized carbons (Fsp3) is 0.138. The molecule has 0 unspecified atom stereocenters. The van der Waals surface area contributed by atoms with Gasteiger partial charge < -0.3 is 10.1 Å². The van der Waals surface area contributed by atoms with Crippen molar-refractivity contribution in [1.29, 1.82) is 0 Å². The highest BCUT2D eigenvalue weighted by molar-refractivity contribution is 7.93. The molecule has 0 spiro atoms. The van der Waals surface area contributed by atoms with Crippen LogP contribution in [0.25, 0.3) is 0 Å². The largest absolute Gasteiger partial charge is 0.495 e. The molecule has 0 aliphatic heterocycles. The summed E-state index contributed by atoms with van der Waals surface area (Å²) in [6, 6.07) is 25.4. The van der Waals surface area contributed by atoms with Gasteiger partial charge in [0.05, 0.1) is 22.6 Å². The van der Waals surface area contributed by atoms with E-state index < -0.39 is 32.5 Å². The van der Waals surface area contributed by atoms with Crippen LogP contribution in [0, 0.1) is 13.8 Å². The van der Waals surface area contributed by atoms with Crippen molar-refractivity contribution >= 4 is 43.0 Å². The van der Waals surface area contributed by atoms with Crippen LogP contribution in [-0.4, -0.2) is 36.4 Å². The maximum absolute atomic E-state index is 13.6. The number of sulfonamides is 2. The first kappa shape index (κ1) is 28.7. The van der Waals surface area contributed by atoms with E-state index in [2.05, 4.69) is 10.0 Å². The molecule has 4 rings (SSSR count). The van der Waals surface area contributed by atoms with Gasteiger partial charge in [0.25, 0.3) is 20.0 Å². The van der Waals surface area contributed by atoms with Crippen LogP contribution in [0.5, 0.6) is 5.75 Å². The maximum Gasteiger partial charge on any atom is 0.264 e. The van der Waals surface area contributed by atoms with E-state index in [1.807, 2.05) is 13.0 Å². The average Bonchev–Trinajstić information content (AvgIpc) is 2.92. The van der Waals surface area contributed by atoms with E-state index in [1.54, 1.807) is 61.5 Å². The second kappa shape index (κ2) is 11.8. The van der Waals surface area contributed by atoms with Gasteiger partial charge in [0, 0.05) is 11.4 Å². The first-order chi connectivity index (χ1) is 19.0. The highest BCUT2D eigenvalue weighted by Crippen LogP contribution is 2.33. The Morgan fingerprint density at radius 3 is 2.08 bits per heavy atom. The van der Waals surface area contributed by atoms with Crippen molar-refractivity contribution in [3.8, 4) is 5.75 Å². The Kier molecular flexibility index (Phi) is 8.46. The number of methoxy groups -OCH3 is 1. The van der Waals surface area contributed by atoms with Gasteiger partial charge in [0.2, 0.25) is 5.91 Å². The molecule has 2 N–H and O–H groups in total. The molecule has 0 heterocycles. The first-order valence-corrected chi connectivity index (χ1v) is 15.1. The first-order valence-electron chi connectivity index (χ1n) is 12.2. The molecule has 0 bridgehead atoms. The minimum atomic E-state index is -4.14. The second-order valence-electron chi connectivity index (χ2n) is 9.05. The van der Waals surface area contributed by atoms with Gasteiger partial charge in [-0.05, 0) is 85.6 Å². The van der Waals surface area contributed by atoms with E-state index in [-0.39, 0.29) is 21.2 Å². The molecule has 11 heteroatoms. The van der Waals surface area contributed by atoms with Gasteiger partial charge in [-0.3, -0.25) is 13.8 Å². The Hall–Kier alpha value is -4.35. The summed E-state index contributed by atoms with van der Waals surface area (Å²) >= 11 is 0. The van der Waals surface area contributed by atoms with Crippen LogP contribution >= 0.6 is 0 Å². The number of benzene rings is 4. The third-order valence-corrected chi connectivity index (χ3v) is 9.11. The van der Waals surface area contributed by atoms with Crippen LogP contribution in [0.2, 0.25) is 0 Å². The van der Waals surface area contributed by atoms with Gasteiger partial charge in [-0.1, -0.05) is 36.4 Å². The van der Waals surface area contributed by atoms with Crippen LogP contribution in [0.3, 0.4) is 0 Å². The van der Waals surface area contributed by atoms with E-state index in [9.17, 15) is 21.6 Å². The number of hydrogen-bond acceptors (Lipinski definition) is 6. The molecule has 0 aliphatic rings. The Morgan fingerprint density at radius 1 is 0.750 bits per heavy atom. The average molecular weight is 580 g/mol. The van der Waals surface area contributed by atoms with Crippen molar-refractivity contribution in [2.24, 2.45) is 0 Å². The molecule has 0 saturated heterocycles. The third kappa shape index (κ3) is 6.61. The summed E-state index contributed by atoms with van der Waals surface area (Å²) in [6.45, 7) is 3.11. The number of hydrogen-bond donors (Lipinski definition) is 2. The number of ether oxygens (including phenoxy) is 1. The summed E-state index contributed by atoms with van der Waals surface area (Å²) in [5.41, 5.74) is 2.63. The quantitative estimate of drug-likeness (QED) is 0.274. The van der Waals surface area contributed by atoms with Gasteiger partial charge in [0.1, 0.15) is 12.3 Å². The molecule has 1 amide bonds. The molecule has 0 radical (unpaired) electrons. The standard InChI is InChI=1S/C29H29N3O6S2/c1-21-8-7-9-24(18-21)31-39(34,35)25-15-13-23(14-16-25)30-29(33)20-32(27-19-22(2)12-17-28(27)38-3)40(36,37)26-10-5-4-6-11-26/h4-19,31H,20H2,1-3H3,(H,30,33). The molecule has 0 atom stereocenters. The summed E-state index contributed by atoms with van der Waals surface area (Å²) in [5.74, 6) is -0.342. The SMILES string of the molecule is COc1ccc(C)cc1N(CC(=O)Nc1ccc(S(=O)(=O)Nc2cccc(C)c2)cc1)S(=O)(=O)c1ccccc1. The molecule has 0 fully saturated rings. The fourth-order valence-electron chi connectivity index (χ4n) is 3.99. The molecule has 208 valence electrons. The van der Waals surface area contributed by atoms with Crippen molar-refractivity contribution < 1.29 is 26.4 Å². The highest BCUT2D eigenvalue weighted by Gasteiger charge is 2.29. The molecule has 9 nitrogen and oxygen atoms in total. The number of amides is 1. The molecule has 4 aromatic carbocycles. The summed E-state index contributed by atoms with van der Waals surface area (Å²) < 4.78 is 61.8. The van der Waals surface area contributed by atoms with E-state index in [4.69, 9.17) is 4.74 Å². The zero-order chi connectivity index (χ0) is 28.9. The lowest BCUT2D eigenvalue weighted by Gasteiger charge is -2.26. The van der Waals surface area contributed by atoms with Crippen LogP contribution in [0.1, 0.15) is 11.1 Å². The zero-order valence-electron chi connectivity index (χ0n) is 22.2. The highest BCUT2D eigenvalue weighted by atomic mass is 32.2. The van der Waals surface area contributed by atoms with Gasteiger partial charge in [-0.15, -0.1) is 0 Å². The van der Waals surface area contributed by atoms with Gasteiger partial charge in [-0.2, -0.15) is 0 Å². The number of anilines is 3. The van der Waals surface area contributed by atoms with Crippen molar-refractivity contribution in [1.82, 2.24) is 0 Å². The molecular formula is C29H29N3O6S2. The van der Waals surface area contributed by atoms with Gasteiger partial charge in [0.15, 0.2) is 0 Å². The molecule has 4 aromatic rings. The fourth-order valence-corrected chi connectivity index (χ4v) is 6.48. The summed E-state index contributed by atoms with van der Waals surface area (Å²) in [5, 5.41) is 2.65. The third-order valence-electron chi connectivity index (χ3n) is 5.94. The van der Waals surface area contributed by atoms with E-state index >= 15 is 0 Å². The van der Waals surface area contributed by atoms with Crippen molar-refractivity contribution in [2.45, 2.75) is 23.6 Å². The number of aryl methyl sites for hydroxylation is 2. The van der Waals surface area contributed by atoms with E-state index in [0.717, 1.165) is 15.4 Å². The van der Waals surface area contributed by atoms with Crippen LogP contribution < -0.4 is 19.1 Å². The smallest absolute Gasteiger partial charge is 0.264 e. The van der Waals surface area contributed by atoms with Gasteiger partial charge >= 0.3 is 0 Å². The van der Waals surface area contributed by atoms with Crippen molar-refractivity contribution in [2.75, 3.05) is 28.0 Å². The topological polar surface area (TPSA) is 122 Å². The molecule has 40 heavy (non-hydrogen) atoms. The summed E-state index contributed by atoms with van der Waals surface area (Å²) in [6.07, 6.45) is 0. The lowest BCUT2D eigenvalue weighted by molar-refractivity contribution is -0.114. The molecular weight excluding hydrogens is 550 g/mol. The minimum absolute atomic E-state index is 0.00443. The number of carbonyl (C=O) groups is 1. The second-order valence-corrected chi connectivity index (χ2v) is 12.6. The predicted octanol–water partition coefficient (Wildman–Crippen LogP) is 4.95. The Bertz CT molecular complexity index is 1720. The number of nitrogens with zero attached hydrogens (tertiary/aromatic N) is 1. The number of nitrogens with one attached hydrogen (secondary N) is 2. The normalized spacial score (nSPS) is 11.5. The van der Waals surface area contributed by atoms with Crippen molar-refractivity contribution in [3.63, 3.8) is 0 Å². The zero-order valence-corrected chi connectivity index (χ0v) is 23.8. The summed E-state index contributed by atoms with van der Waals surface area (Å²) in [4.78, 5) is 13.1. The Balaban J connectivity index is 1.57. The van der Waals surface area contributed by atoms with Crippen LogP contribution in [0.15, 0.2) is 107 Å². The summed E-state index contributed by atoms with van der Waals surface area (Å²) in [7, 11) is -6.58. The van der Waals surface area contributed by atoms with Crippen LogP contribution in [0.4, 0.5) is 17.1 Å². The number of rotatable bonds is 10. The van der Waals surface area contributed by atoms with Gasteiger partial charge in [-0.25, -0.2) is 16.8 Å². The van der Waals surface area contributed by atoms with Crippen molar-refractivity contribution in [3.05, 3.63) is 108 Å². The van der Waals surface area contributed by atoms with E-state index in [0.29, 0.717) is 11.4 Å². The Labute approximate surface area is 234 Å². The predicted molar refractivity (Wildman–Crippen MR) is 156 cm³/mol. The minimum Gasteiger partial charge on any atom is -0.495 e. The molecule has 0 saturated carbocycles. The maximum atomic E-state index is 13.6. The molecule has 0 aromatic heterocycles. The monoisotopic (exact) mass is 579 g/mol. The lowest BCUT2D eigenvalue weighted by Crippen LogP contribution is -2.38. The number of carbonyl (C=O) groups excluding carboxylic acids is 1. The molecule has 0 aliphatic carbocycles. The van der Waals surface area contributed by atoms with Crippen LogP contribution in [-0.2, 0) is 24.8 Å². The van der Waals surface area contributed by atoms with E-state index in [1.165, 1.54) is 43.5 Å². The lowest BCUT2D eigenvalue weighted by atomic mass is 10.2.